The third-order valence-electron chi connectivity index (χ3n) is 2.65. The van der Waals surface area contributed by atoms with Crippen LogP contribution in [-0.4, -0.2) is 39.8 Å². The molecule has 0 aliphatic carbocycles. The topological polar surface area (TPSA) is 71.6 Å². The average molecular weight is 269 g/mol. The summed E-state index contributed by atoms with van der Waals surface area (Å²) in [6, 6.07) is 3.67. The molecule has 0 saturated heterocycles. The lowest BCUT2D eigenvalue weighted by Gasteiger charge is -2.18. The van der Waals surface area contributed by atoms with Crippen molar-refractivity contribution in [3.8, 4) is 0 Å². The van der Waals surface area contributed by atoms with Gasteiger partial charge >= 0.3 is 0 Å². The smallest absolute Gasteiger partial charge is 0.260 e. The molecule has 0 saturated carbocycles. The molecule has 96 valence electrons. The van der Waals surface area contributed by atoms with Crippen molar-refractivity contribution in [3.05, 3.63) is 39.2 Å². The van der Waals surface area contributed by atoms with Gasteiger partial charge in [-0.25, -0.2) is 4.98 Å². The first-order valence-electron chi connectivity index (χ1n) is 5.58. The second kappa shape index (κ2) is 5.30. The Morgan fingerprint density at radius 3 is 3.00 bits per heavy atom. The van der Waals surface area contributed by atoms with Crippen molar-refractivity contribution in [3.63, 3.8) is 0 Å². The second-order valence-corrected chi connectivity index (χ2v) is 4.64. The maximum absolute atomic E-state index is 10.6. The number of aromatic nitrogens is 1. The number of nitrogens with zero attached hydrogens (tertiary/aromatic N) is 4. The molecule has 1 aliphatic rings. The van der Waals surface area contributed by atoms with Crippen LogP contribution in [-0.2, 0) is 6.54 Å². The van der Waals surface area contributed by atoms with Gasteiger partial charge in [0.05, 0.1) is 6.04 Å². The Morgan fingerprint density at radius 2 is 2.39 bits per heavy atom. The predicted octanol–water partition coefficient (Wildman–Crippen LogP) is 1.61. The van der Waals surface area contributed by atoms with Crippen molar-refractivity contribution < 1.29 is 4.92 Å². The van der Waals surface area contributed by atoms with Crippen molar-refractivity contribution in [2.24, 2.45) is 4.99 Å². The quantitative estimate of drug-likeness (QED) is 0.472. The Hall–Kier alpha value is -1.69. The first-order valence-corrected chi connectivity index (χ1v) is 5.96. The lowest BCUT2D eigenvalue weighted by atomic mass is 10.2. The van der Waals surface area contributed by atoms with Gasteiger partial charge in [-0.3, -0.25) is 15.1 Å². The minimum atomic E-state index is -0.357. The molecular formula is C11H13ClN4O2. The van der Waals surface area contributed by atoms with Gasteiger partial charge in [-0.15, -0.1) is 0 Å². The van der Waals surface area contributed by atoms with Crippen molar-refractivity contribution in [2.45, 2.75) is 19.5 Å². The Balaban J connectivity index is 2.06. The molecule has 0 bridgehead atoms. The highest BCUT2D eigenvalue weighted by atomic mass is 35.5. The van der Waals surface area contributed by atoms with Crippen LogP contribution in [0.4, 0.5) is 0 Å². The second-order valence-electron chi connectivity index (χ2n) is 4.25. The number of rotatable bonds is 4. The number of halogens is 1. The number of pyridine rings is 1. The molecule has 2 rings (SSSR count). The summed E-state index contributed by atoms with van der Waals surface area (Å²) < 4.78 is 0. The van der Waals surface area contributed by atoms with E-state index in [9.17, 15) is 10.1 Å². The van der Waals surface area contributed by atoms with E-state index in [0.717, 1.165) is 5.56 Å². The normalized spacial score (nSPS) is 18.9. The maximum Gasteiger partial charge on any atom is 0.260 e. The van der Waals surface area contributed by atoms with E-state index in [2.05, 4.69) is 9.98 Å². The monoisotopic (exact) mass is 268 g/mol. The van der Waals surface area contributed by atoms with Gasteiger partial charge < -0.3 is 4.90 Å². The Bertz CT molecular complexity index is 474. The van der Waals surface area contributed by atoms with Crippen LogP contribution in [0.1, 0.15) is 12.5 Å². The molecule has 1 aliphatic heterocycles. The molecule has 7 heteroatoms. The average Bonchev–Trinajstić information content (AvgIpc) is 2.61. The van der Waals surface area contributed by atoms with Crippen molar-refractivity contribution in [1.82, 2.24) is 9.88 Å². The number of nitro groups is 1. The highest BCUT2D eigenvalue weighted by molar-refractivity contribution is 6.29. The number of hydrogen-bond donors (Lipinski definition) is 0. The fraction of sp³-hybridized carbons (Fsp3) is 0.455. The zero-order valence-electron chi connectivity index (χ0n) is 9.91. The highest BCUT2D eigenvalue weighted by Gasteiger charge is 2.25. The molecule has 0 N–H and O–H groups in total. The molecular weight excluding hydrogens is 256 g/mol. The Morgan fingerprint density at radius 1 is 1.61 bits per heavy atom. The van der Waals surface area contributed by atoms with Gasteiger partial charge in [0.2, 0.25) is 0 Å². The summed E-state index contributed by atoms with van der Waals surface area (Å²) in [7, 11) is 0. The zero-order valence-corrected chi connectivity index (χ0v) is 10.7. The molecule has 0 fully saturated rings. The van der Waals surface area contributed by atoms with Crippen LogP contribution in [0.3, 0.4) is 0 Å². The third kappa shape index (κ3) is 3.16. The van der Waals surface area contributed by atoms with Crippen molar-refractivity contribution >= 4 is 17.4 Å². The van der Waals surface area contributed by atoms with Crippen molar-refractivity contribution in [1.29, 1.82) is 0 Å². The van der Waals surface area contributed by atoms with E-state index < -0.39 is 0 Å². The van der Waals surface area contributed by atoms with E-state index in [4.69, 9.17) is 11.6 Å². The van der Waals surface area contributed by atoms with Gasteiger partial charge in [0, 0.05) is 24.2 Å². The summed E-state index contributed by atoms with van der Waals surface area (Å²) >= 11 is 5.71. The van der Waals surface area contributed by atoms with E-state index in [1.165, 1.54) is 0 Å². The molecule has 1 aromatic heterocycles. The minimum Gasteiger partial charge on any atom is -0.348 e. The van der Waals surface area contributed by atoms with Gasteiger partial charge in [0.15, 0.2) is 5.84 Å². The van der Waals surface area contributed by atoms with Gasteiger partial charge in [-0.05, 0) is 18.6 Å². The van der Waals surface area contributed by atoms with E-state index in [0.29, 0.717) is 24.1 Å². The van der Waals surface area contributed by atoms with Crippen LogP contribution >= 0.6 is 11.6 Å². The Kier molecular flexibility index (Phi) is 3.76. The molecule has 6 nitrogen and oxygen atoms in total. The van der Waals surface area contributed by atoms with Crippen LogP contribution in [0, 0.1) is 10.1 Å². The van der Waals surface area contributed by atoms with E-state index >= 15 is 0 Å². The number of aliphatic imine (C=N–C) groups is 1. The van der Waals surface area contributed by atoms with Crippen LogP contribution in [0.25, 0.3) is 0 Å². The summed E-state index contributed by atoms with van der Waals surface area (Å²) in [5.74, 6) is 0.530. The fourth-order valence-corrected chi connectivity index (χ4v) is 2.05. The molecule has 0 radical (unpaired) electrons. The van der Waals surface area contributed by atoms with E-state index in [1.54, 1.807) is 12.3 Å². The lowest BCUT2D eigenvalue weighted by molar-refractivity contribution is -0.464. The van der Waals surface area contributed by atoms with Crippen LogP contribution in [0.5, 0.6) is 0 Å². The summed E-state index contributed by atoms with van der Waals surface area (Å²) in [6.45, 7) is 2.98. The largest absolute Gasteiger partial charge is 0.348 e. The van der Waals surface area contributed by atoms with Gasteiger partial charge in [0.1, 0.15) is 5.15 Å². The van der Waals surface area contributed by atoms with E-state index in [-0.39, 0.29) is 17.5 Å². The lowest BCUT2D eigenvalue weighted by Crippen LogP contribution is -2.32. The molecule has 0 aromatic carbocycles. The molecule has 0 amide bonds. The molecule has 0 spiro atoms. The minimum absolute atomic E-state index is 0.0974. The molecule has 1 atom stereocenters. The first-order chi connectivity index (χ1) is 8.54. The van der Waals surface area contributed by atoms with Gasteiger partial charge in [-0.1, -0.05) is 17.7 Å². The highest BCUT2D eigenvalue weighted by Crippen LogP contribution is 2.14. The first kappa shape index (κ1) is 12.8. The van der Waals surface area contributed by atoms with Crippen molar-refractivity contribution in [2.75, 3.05) is 13.1 Å². The number of hydrogen-bond acceptors (Lipinski definition) is 5. The van der Waals surface area contributed by atoms with Gasteiger partial charge in [0.25, 0.3) is 6.54 Å². The standard InChI is InChI=1S/C11H13ClN4O2/c1-8-5-15(11(14-8)7-16(17)18)6-9-2-3-10(12)13-4-9/h2-4,8H,5-7H2,1H3. The summed E-state index contributed by atoms with van der Waals surface area (Å²) in [6.07, 6.45) is 1.68. The fourth-order valence-electron chi connectivity index (χ4n) is 1.93. The molecule has 2 heterocycles. The van der Waals surface area contributed by atoms with E-state index in [1.807, 2.05) is 17.9 Å². The predicted molar refractivity (Wildman–Crippen MR) is 68.4 cm³/mol. The van der Waals surface area contributed by atoms with Gasteiger partial charge in [-0.2, -0.15) is 0 Å². The van der Waals surface area contributed by atoms with Crippen LogP contribution in [0.2, 0.25) is 5.15 Å². The summed E-state index contributed by atoms with van der Waals surface area (Å²) in [4.78, 5) is 20.4. The van der Waals surface area contributed by atoms with Crippen LogP contribution in [0.15, 0.2) is 23.3 Å². The summed E-state index contributed by atoms with van der Waals surface area (Å²) in [5.41, 5.74) is 0.963. The third-order valence-corrected chi connectivity index (χ3v) is 2.88. The number of amidine groups is 1. The molecule has 1 unspecified atom stereocenters. The zero-order chi connectivity index (χ0) is 13.1. The summed E-state index contributed by atoms with van der Waals surface area (Å²) in [5, 5.41) is 11.0. The molecule has 18 heavy (non-hydrogen) atoms. The van der Waals surface area contributed by atoms with Crippen LogP contribution < -0.4 is 0 Å². The maximum atomic E-state index is 10.6. The molecule has 1 aromatic rings. The Labute approximate surface area is 109 Å². The SMILES string of the molecule is CC1CN(Cc2ccc(Cl)nc2)C(C[N+](=O)[O-])=N1.